The van der Waals surface area contributed by atoms with Crippen LogP contribution in [0.1, 0.15) is 11.1 Å². The molecule has 1 aromatic heterocycles. The summed E-state index contributed by atoms with van der Waals surface area (Å²) in [5, 5.41) is 4.63. The Morgan fingerprint density at radius 1 is 1.29 bits per heavy atom. The number of hydrogen-bond donors (Lipinski definition) is 1. The fourth-order valence-corrected chi connectivity index (χ4v) is 2.64. The summed E-state index contributed by atoms with van der Waals surface area (Å²) in [6, 6.07) is 6.53. The largest absolute Gasteiger partial charge is 0.327 e. The molecule has 0 aliphatic rings. The van der Waals surface area contributed by atoms with E-state index in [2.05, 4.69) is 5.38 Å². The zero-order valence-corrected chi connectivity index (χ0v) is 10.8. The highest BCUT2D eigenvalue weighted by atomic mass is 35.5. The van der Waals surface area contributed by atoms with Crippen LogP contribution in [0.25, 0.3) is 0 Å². The summed E-state index contributed by atoms with van der Waals surface area (Å²) in [5.74, 6) is -0.241. The molecule has 2 rings (SSSR count). The highest BCUT2D eigenvalue weighted by Gasteiger charge is 2.10. The molecule has 0 spiro atoms. The fourth-order valence-electron chi connectivity index (χ4n) is 1.77. The molecule has 1 aromatic carbocycles. The molecule has 0 fully saturated rings. The van der Waals surface area contributed by atoms with Gasteiger partial charge >= 0.3 is 0 Å². The molecule has 4 heteroatoms. The summed E-state index contributed by atoms with van der Waals surface area (Å²) < 4.78 is 13.5. The second-order valence-corrected chi connectivity index (χ2v) is 5.25. The quantitative estimate of drug-likeness (QED) is 0.901. The Morgan fingerprint density at radius 3 is 2.82 bits per heavy atom. The van der Waals surface area contributed by atoms with E-state index in [9.17, 15) is 4.39 Å². The number of nitrogens with two attached hydrogens (primary N) is 1. The lowest BCUT2D eigenvalue weighted by Gasteiger charge is -2.11. The Bertz CT molecular complexity index is 484. The van der Waals surface area contributed by atoms with E-state index in [1.165, 1.54) is 11.6 Å². The second kappa shape index (κ2) is 5.63. The van der Waals surface area contributed by atoms with Crippen molar-refractivity contribution in [3.63, 3.8) is 0 Å². The maximum Gasteiger partial charge on any atom is 0.126 e. The highest BCUT2D eigenvalue weighted by Crippen LogP contribution is 2.17. The van der Waals surface area contributed by atoms with Gasteiger partial charge in [0.05, 0.1) is 0 Å². The number of benzene rings is 1. The van der Waals surface area contributed by atoms with Gasteiger partial charge in [0.25, 0.3) is 0 Å². The maximum atomic E-state index is 13.5. The molecular formula is C13H13ClFNS. The molecule has 1 heterocycles. The number of rotatable bonds is 4. The third-order valence-corrected chi connectivity index (χ3v) is 3.54. The van der Waals surface area contributed by atoms with Crippen LogP contribution in [0.5, 0.6) is 0 Å². The number of thiophene rings is 1. The van der Waals surface area contributed by atoms with Gasteiger partial charge in [0, 0.05) is 11.1 Å². The minimum absolute atomic E-state index is 0.0856. The topological polar surface area (TPSA) is 26.0 Å². The monoisotopic (exact) mass is 269 g/mol. The van der Waals surface area contributed by atoms with Crippen LogP contribution in [0.4, 0.5) is 4.39 Å². The molecule has 2 aromatic rings. The van der Waals surface area contributed by atoms with Crippen molar-refractivity contribution in [1.29, 1.82) is 0 Å². The van der Waals surface area contributed by atoms with Gasteiger partial charge in [-0.15, -0.1) is 0 Å². The predicted molar refractivity (Wildman–Crippen MR) is 71.1 cm³/mol. The Labute approximate surface area is 109 Å². The number of hydrogen-bond acceptors (Lipinski definition) is 2. The van der Waals surface area contributed by atoms with E-state index in [1.54, 1.807) is 23.5 Å². The molecule has 0 amide bonds. The average molecular weight is 270 g/mol. The van der Waals surface area contributed by atoms with Crippen LogP contribution in [-0.2, 0) is 12.8 Å². The molecule has 2 N–H and O–H groups in total. The average Bonchev–Trinajstić information content (AvgIpc) is 2.76. The van der Waals surface area contributed by atoms with Gasteiger partial charge in [-0.05, 0) is 59.0 Å². The standard InChI is InChI=1S/C13H13ClFNS/c14-11-1-2-13(15)10(6-11)7-12(16)5-9-3-4-17-8-9/h1-4,6,8,12H,5,7,16H2. The molecule has 1 atom stereocenters. The van der Waals surface area contributed by atoms with Crippen LogP contribution >= 0.6 is 22.9 Å². The molecule has 0 radical (unpaired) electrons. The normalized spacial score (nSPS) is 12.6. The van der Waals surface area contributed by atoms with Gasteiger partial charge in [-0.1, -0.05) is 11.6 Å². The Balaban J connectivity index is 2.02. The van der Waals surface area contributed by atoms with Crippen molar-refractivity contribution in [3.05, 3.63) is 57.0 Å². The molecule has 0 saturated carbocycles. The number of halogens is 2. The van der Waals surface area contributed by atoms with Crippen LogP contribution < -0.4 is 5.73 Å². The molecular weight excluding hydrogens is 257 g/mol. The fraction of sp³-hybridized carbons (Fsp3) is 0.231. The van der Waals surface area contributed by atoms with Crippen LogP contribution in [-0.4, -0.2) is 6.04 Å². The van der Waals surface area contributed by atoms with Gasteiger partial charge in [0.2, 0.25) is 0 Å². The lowest BCUT2D eigenvalue weighted by molar-refractivity contribution is 0.584. The van der Waals surface area contributed by atoms with Gasteiger partial charge in [0.1, 0.15) is 5.82 Å². The molecule has 1 nitrogen and oxygen atoms in total. The van der Waals surface area contributed by atoms with Gasteiger partial charge < -0.3 is 5.73 Å². The summed E-state index contributed by atoms with van der Waals surface area (Å²) in [5.41, 5.74) is 7.79. The maximum absolute atomic E-state index is 13.5. The van der Waals surface area contributed by atoms with E-state index in [0.717, 1.165) is 6.42 Å². The molecule has 0 aliphatic carbocycles. The van der Waals surface area contributed by atoms with Gasteiger partial charge in [-0.3, -0.25) is 0 Å². The molecule has 90 valence electrons. The first-order valence-corrected chi connectivity index (χ1v) is 6.68. The zero-order valence-electron chi connectivity index (χ0n) is 9.20. The Hall–Kier alpha value is -0.900. The molecule has 17 heavy (non-hydrogen) atoms. The van der Waals surface area contributed by atoms with Crippen LogP contribution in [0.15, 0.2) is 35.0 Å². The summed E-state index contributed by atoms with van der Waals surface area (Å²) in [6.45, 7) is 0. The molecule has 0 bridgehead atoms. The van der Waals surface area contributed by atoms with E-state index in [0.29, 0.717) is 17.0 Å². The van der Waals surface area contributed by atoms with Gasteiger partial charge in [-0.25, -0.2) is 4.39 Å². The van der Waals surface area contributed by atoms with Gasteiger partial charge in [0.15, 0.2) is 0 Å². The summed E-state index contributed by atoms with van der Waals surface area (Å²) in [6.07, 6.45) is 1.26. The zero-order chi connectivity index (χ0) is 12.3. The van der Waals surface area contributed by atoms with Crippen molar-refractivity contribution < 1.29 is 4.39 Å². The van der Waals surface area contributed by atoms with Crippen molar-refractivity contribution >= 4 is 22.9 Å². The lowest BCUT2D eigenvalue weighted by atomic mass is 10.0. The third kappa shape index (κ3) is 3.53. The lowest BCUT2D eigenvalue weighted by Crippen LogP contribution is -2.25. The van der Waals surface area contributed by atoms with Crippen LogP contribution in [0.3, 0.4) is 0 Å². The summed E-state index contributed by atoms with van der Waals surface area (Å²) in [7, 11) is 0. The van der Waals surface area contributed by atoms with E-state index in [4.69, 9.17) is 17.3 Å². The van der Waals surface area contributed by atoms with Crippen LogP contribution in [0, 0.1) is 5.82 Å². The van der Waals surface area contributed by atoms with Crippen molar-refractivity contribution in [2.75, 3.05) is 0 Å². The van der Waals surface area contributed by atoms with Gasteiger partial charge in [-0.2, -0.15) is 11.3 Å². The molecule has 1 unspecified atom stereocenters. The second-order valence-electron chi connectivity index (χ2n) is 4.04. The van der Waals surface area contributed by atoms with E-state index < -0.39 is 0 Å². The SMILES string of the molecule is NC(Cc1ccsc1)Cc1cc(Cl)ccc1F. The first-order valence-electron chi connectivity index (χ1n) is 5.36. The summed E-state index contributed by atoms with van der Waals surface area (Å²) in [4.78, 5) is 0. The molecule has 0 aliphatic heterocycles. The smallest absolute Gasteiger partial charge is 0.126 e. The Kier molecular flexibility index (Phi) is 4.15. The van der Waals surface area contributed by atoms with Crippen molar-refractivity contribution in [2.24, 2.45) is 5.73 Å². The van der Waals surface area contributed by atoms with E-state index in [-0.39, 0.29) is 11.9 Å². The predicted octanol–water partition coefficient (Wildman–Crippen LogP) is 3.65. The first kappa shape index (κ1) is 12.6. The van der Waals surface area contributed by atoms with Crippen molar-refractivity contribution in [1.82, 2.24) is 0 Å². The first-order chi connectivity index (χ1) is 8.15. The van der Waals surface area contributed by atoms with Crippen LogP contribution in [0.2, 0.25) is 5.02 Å². The van der Waals surface area contributed by atoms with E-state index >= 15 is 0 Å². The summed E-state index contributed by atoms with van der Waals surface area (Å²) >= 11 is 7.48. The highest BCUT2D eigenvalue weighted by molar-refractivity contribution is 7.07. The van der Waals surface area contributed by atoms with Crippen molar-refractivity contribution in [3.8, 4) is 0 Å². The minimum atomic E-state index is -0.241. The minimum Gasteiger partial charge on any atom is -0.327 e. The third-order valence-electron chi connectivity index (χ3n) is 2.57. The Morgan fingerprint density at radius 2 is 2.12 bits per heavy atom. The van der Waals surface area contributed by atoms with E-state index in [1.807, 2.05) is 11.4 Å². The molecule has 0 saturated heterocycles. The van der Waals surface area contributed by atoms with Crippen molar-refractivity contribution in [2.45, 2.75) is 18.9 Å².